The average molecular weight is 411 g/mol. The van der Waals surface area contributed by atoms with Crippen molar-refractivity contribution in [1.82, 2.24) is 0 Å². The predicted octanol–water partition coefficient (Wildman–Crippen LogP) is 8.91. The summed E-state index contributed by atoms with van der Waals surface area (Å²) in [5.74, 6) is 1.53. The van der Waals surface area contributed by atoms with Crippen molar-refractivity contribution < 1.29 is 10.2 Å². The highest BCUT2D eigenvalue weighted by atomic mass is 16.3. The highest BCUT2D eigenvalue weighted by Gasteiger charge is 2.17. The van der Waals surface area contributed by atoms with E-state index in [2.05, 4.69) is 39.8 Å². The summed E-state index contributed by atoms with van der Waals surface area (Å²) in [6.45, 7) is 8.89. The van der Waals surface area contributed by atoms with E-state index >= 15 is 0 Å². The van der Waals surface area contributed by atoms with E-state index in [1.807, 2.05) is 24.3 Å². The number of unbranched alkanes of at least 4 members (excludes halogenated alkanes) is 2. The SMILES string of the molecule is CCCCC(CCC)c1ccc(-c2ccc(C(CCC)CCCC)cc2O)c(O)c1. The van der Waals surface area contributed by atoms with Crippen LogP contribution in [0.15, 0.2) is 36.4 Å². The van der Waals surface area contributed by atoms with E-state index in [-0.39, 0.29) is 11.5 Å². The van der Waals surface area contributed by atoms with Crippen LogP contribution in [-0.4, -0.2) is 10.2 Å². The first-order valence-electron chi connectivity index (χ1n) is 12.2. The molecule has 2 N–H and O–H groups in total. The van der Waals surface area contributed by atoms with Crippen molar-refractivity contribution in [3.63, 3.8) is 0 Å². The summed E-state index contributed by atoms with van der Waals surface area (Å²) in [6, 6.07) is 12.1. The van der Waals surface area contributed by atoms with Crippen LogP contribution in [0, 0.1) is 0 Å². The topological polar surface area (TPSA) is 40.5 Å². The van der Waals surface area contributed by atoms with Gasteiger partial charge in [-0.05, 0) is 60.8 Å². The number of hydrogen-bond acceptors (Lipinski definition) is 2. The molecule has 0 fully saturated rings. The molecular formula is C28H42O2. The average Bonchev–Trinajstić information content (AvgIpc) is 2.74. The van der Waals surface area contributed by atoms with Crippen LogP contribution in [0.3, 0.4) is 0 Å². The molecule has 0 aliphatic rings. The van der Waals surface area contributed by atoms with Crippen molar-refractivity contribution in [2.24, 2.45) is 0 Å². The van der Waals surface area contributed by atoms with Gasteiger partial charge in [0.2, 0.25) is 0 Å². The number of rotatable bonds is 13. The molecule has 0 amide bonds. The smallest absolute Gasteiger partial charge is 0.123 e. The van der Waals surface area contributed by atoms with Gasteiger partial charge in [-0.1, -0.05) is 90.5 Å². The zero-order valence-corrected chi connectivity index (χ0v) is 19.6. The molecule has 0 aliphatic heterocycles. The van der Waals surface area contributed by atoms with Gasteiger partial charge in [-0.3, -0.25) is 0 Å². The van der Waals surface area contributed by atoms with Gasteiger partial charge in [0.1, 0.15) is 11.5 Å². The van der Waals surface area contributed by atoms with E-state index in [1.165, 1.54) is 49.7 Å². The lowest BCUT2D eigenvalue weighted by molar-refractivity contribution is 0.465. The molecule has 2 heteroatoms. The summed E-state index contributed by atoms with van der Waals surface area (Å²) in [6.07, 6.45) is 11.7. The Hall–Kier alpha value is -1.96. The molecule has 0 heterocycles. The third kappa shape index (κ3) is 6.52. The second-order valence-corrected chi connectivity index (χ2v) is 8.81. The lowest BCUT2D eigenvalue weighted by Gasteiger charge is -2.19. The van der Waals surface area contributed by atoms with Crippen LogP contribution in [0.2, 0.25) is 0 Å². The van der Waals surface area contributed by atoms with Crippen molar-refractivity contribution >= 4 is 0 Å². The van der Waals surface area contributed by atoms with Gasteiger partial charge in [-0.15, -0.1) is 0 Å². The molecule has 0 aliphatic carbocycles. The first-order valence-corrected chi connectivity index (χ1v) is 12.2. The van der Waals surface area contributed by atoms with E-state index in [9.17, 15) is 10.2 Å². The molecular weight excluding hydrogens is 368 g/mol. The molecule has 0 spiro atoms. The first-order chi connectivity index (χ1) is 14.5. The molecule has 2 aromatic rings. The van der Waals surface area contributed by atoms with Crippen molar-refractivity contribution in [3.05, 3.63) is 47.5 Å². The fourth-order valence-corrected chi connectivity index (χ4v) is 4.61. The standard InChI is InChI=1S/C28H42O2/c1-5-9-13-21(11-7-3)23-15-17-25(27(29)19-23)26-18-16-24(20-28(26)30)22(12-8-4)14-10-6-2/h15-22,29-30H,5-14H2,1-4H3. The van der Waals surface area contributed by atoms with Crippen LogP contribution in [-0.2, 0) is 0 Å². The second-order valence-electron chi connectivity index (χ2n) is 8.81. The third-order valence-electron chi connectivity index (χ3n) is 6.36. The maximum Gasteiger partial charge on any atom is 0.123 e. The lowest BCUT2D eigenvalue weighted by Crippen LogP contribution is -2.00. The van der Waals surface area contributed by atoms with Crippen LogP contribution in [0.4, 0.5) is 0 Å². The van der Waals surface area contributed by atoms with Gasteiger partial charge < -0.3 is 10.2 Å². The molecule has 166 valence electrons. The van der Waals surface area contributed by atoms with Gasteiger partial charge in [0.05, 0.1) is 0 Å². The Bertz CT molecular complexity index is 700. The molecule has 0 bridgehead atoms. The van der Waals surface area contributed by atoms with Crippen molar-refractivity contribution in [1.29, 1.82) is 0 Å². The molecule has 0 aromatic heterocycles. The normalized spacial score (nSPS) is 13.3. The van der Waals surface area contributed by atoms with Gasteiger partial charge in [-0.25, -0.2) is 0 Å². The van der Waals surface area contributed by atoms with Crippen LogP contribution < -0.4 is 0 Å². The molecule has 2 unspecified atom stereocenters. The van der Waals surface area contributed by atoms with Crippen molar-refractivity contribution in [2.75, 3.05) is 0 Å². The Morgan fingerprint density at radius 1 is 0.567 bits per heavy atom. The quantitative estimate of drug-likeness (QED) is 0.346. The summed E-state index contributed by atoms with van der Waals surface area (Å²) in [5.41, 5.74) is 3.86. The second kappa shape index (κ2) is 12.7. The summed E-state index contributed by atoms with van der Waals surface area (Å²) >= 11 is 0. The maximum atomic E-state index is 10.8. The summed E-state index contributed by atoms with van der Waals surface area (Å²) in [7, 11) is 0. The lowest BCUT2D eigenvalue weighted by atomic mass is 9.87. The maximum absolute atomic E-state index is 10.8. The molecule has 2 aromatic carbocycles. The number of hydrogen-bond donors (Lipinski definition) is 2. The van der Waals surface area contributed by atoms with Gasteiger partial charge in [0.15, 0.2) is 0 Å². The van der Waals surface area contributed by atoms with Crippen LogP contribution in [0.25, 0.3) is 11.1 Å². The minimum atomic E-state index is 0.268. The fourth-order valence-electron chi connectivity index (χ4n) is 4.61. The zero-order valence-electron chi connectivity index (χ0n) is 19.6. The minimum absolute atomic E-state index is 0.268. The van der Waals surface area contributed by atoms with Gasteiger partial charge in [-0.2, -0.15) is 0 Å². The van der Waals surface area contributed by atoms with E-state index < -0.39 is 0 Å². The molecule has 30 heavy (non-hydrogen) atoms. The van der Waals surface area contributed by atoms with Crippen LogP contribution >= 0.6 is 0 Å². The molecule has 2 rings (SSSR count). The minimum Gasteiger partial charge on any atom is -0.507 e. The monoisotopic (exact) mass is 410 g/mol. The Labute approximate surface area is 184 Å². The van der Waals surface area contributed by atoms with Gasteiger partial charge in [0, 0.05) is 11.1 Å². The summed E-state index contributed by atoms with van der Waals surface area (Å²) in [4.78, 5) is 0. The molecule has 2 atom stereocenters. The van der Waals surface area contributed by atoms with E-state index in [1.54, 1.807) is 0 Å². The van der Waals surface area contributed by atoms with E-state index in [0.29, 0.717) is 23.0 Å². The van der Waals surface area contributed by atoms with Gasteiger partial charge >= 0.3 is 0 Å². The Morgan fingerprint density at radius 3 is 1.27 bits per heavy atom. The zero-order chi connectivity index (χ0) is 21.9. The fraction of sp³-hybridized carbons (Fsp3) is 0.571. The first kappa shape index (κ1) is 24.3. The van der Waals surface area contributed by atoms with Crippen molar-refractivity contribution in [2.45, 2.75) is 104 Å². The number of aromatic hydroxyl groups is 2. The van der Waals surface area contributed by atoms with Crippen LogP contribution in [0.1, 0.15) is 115 Å². The van der Waals surface area contributed by atoms with E-state index in [0.717, 1.165) is 25.7 Å². The van der Waals surface area contributed by atoms with Crippen molar-refractivity contribution in [3.8, 4) is 22.6 Å². The summed E-state index contributed by atoms with van der Waals surface area (Å²) in [5, 5.41) is 21.6. The van der Waals surface area contributed by atoms with E-state index in [4.69, 9.17) is 0 Å². The number of phenolic OH excluding ortho intramolecular Hbond substituents is 2. The highest BCUT2D eigenvalue weighted by Crippen LogP contribution is 2.40. The number of phenols is 2. The Morgan fingerprint density at radius 2 is 0.967 bits per heavy atom. The predicted molar refractivity (Wildman–Crippen MR) is 130 cm³/mol. The molecule has 0 radical (unpaired) electrons. The summed E-state index contributed by atoms with van der Waals surface area (Å²) < 4.78 is 0. The molecule has 2 nitrogen and oxygen atoms in total. The third-order valence-corrected chi connectivity index (χ3v) is 6.36. The Balaban J connectivity index is 2.28. The molecule has 0 saturated carbocycles. The van der Waals surface area contributed by atoms with Gasteiger partial charge in [0.25, 0.3) is 0 Å². The largest absolute Gasteiger partial charge is 0.507 e. The van der Waals surface area contributed by atoms with Crippen LogP contribution in [0.5, 0.6) is 11.5 Å². The molecule has 0 saturated heterocycles. The Kier molecular flexibility index (Phi) is 10.3. The highest BCUT2D eigenvalue weighted by molar-refractivity contribution is 5.76. The number of benzene rings is 2.